The summed E-state index contributed by atoms with van der Waals surface area (Å²) >= 11 is 0. The summed E-state index contributed by atoms with van der Waals surface area (Å²) in [7, 11) is 0. The molecule has 0 bridgehead atoms. The summed E-state index contributed by atoms with van der Waals surface area (Å²) in [5.74, 6) is 0.00750. The minimum Gasteiger partial charge on any atom is -0.489 e. The maximum Gasteiger partial charge on any atom is 0.416 e. The van der Waals surface area contributed by atoms with Crippen LogP contribution in [0.3, 0.4) is 0 Å². The number of hydrogen-bond donors (Lipinski definition) is 0. The molecule has 2 aromatic carbocycles. The molecule has 1 fully saturated rings. The maximum atomic E-state index is 13.5. The van der Waals surface area contributed by atoms with Gasteiger partial charge in [0.05, 0.1) is 5.56 Å². The Morgan fingerprint density at radius 2 is 1.89 bits per heavy atom. The fourth-order valence-electron chi connectivity index (χ4n) is 3.17. The standard InChI is InChI=1S/C20H21F4NO2/c1-19(27-16-6-4-5-15(13-16)20(22,23)24)9-10-25(14-19)11-12-26-18-8-3-2-7-17(18)21/h2-8,13H,9-12,14H2,1H3. The van der Waals surface area contributed by atoms with Crippen LogP contribution in [0.15, 0.2) is 48.5 Å². The van der Waals surface area contributed by atoms with Gasteiger partial charge in [0.2, 0.25) is 0 Å². The summed E-state index contributed by atoms with van der Waals surface area (Å²) in [5.41, 5.74) is -1.31. The predicted molar refractivity (Wildman–Crippen MR) is 93.4 cm³/mol. The number of halogens is 4. The Hall–Kier alpha value is -2.28. The molecule has 0 spiro atoms. The van der Waals surface area contributed by atoms with Gasteiger partial charge in [0.25, 0.3) is 0 Å². The summed E-state index contributed by atoms with van der Waals surface area (Å²) in [4.78, 5) is 2.09. The first-order valence-electron chi connectivity index (χ1n) is 8.71. The zero-order valence-electron chi connectivity index (χ0n) is 14.9. The van der Waals surface area contributed by atoms with E-state index < -0.39 is 23.2 Å². The van der Waals surface area contributed by atoms with E-state index in [9.17, 15) is 17.6 Å². The van der Waals surface area contributed by atoms with Crippen LogP contribution in [0.4, 0.5) is 17.6 Å². The van der Waals surface area contributed by atoms with Gasteiger partial charge in [0.1, 0.15) is 18.0 Å². The Balaban J connectivity index is 1.53. The van der Waals surface area contributed by atoms with Crippen LogP contribution < -0.4 is 9.47 Å². The van der Waals surface area contributed by atoms with Gasteiger partial charge >= 0.3 is 6.18 Å². The van der Waals surface area contributed by atoms with Crippen molar-refractivity contribution >= 4 is 0 Å². The van der Waals surface area contributed by atoms with Crippen LogP contribution in [0, 0.1) is 5.82 Å². The average molecular weight is 383 g/mol. The van der Waals surface area contributed by atoms with E-state index in [1.54, 1.807) is 18.2 Å². The molecular weight excluding hydrogens is 362 g/mol. The summed E-state index contributed by atoms with van der Waals surface area (Å²) < 4.78 is 63.4. The molecule has 0 amide bonds. The van der Waals surface area contributed by atoms with E-state index in [-0.39, 0.29) is 11.5 Å². The molecule has 0 N–H and O–H groups in total. The first-order valence-corrected chi connectivity index (χ1v) is 8.71. The lowest BCUT2D eigenvalue weighted by Gasteiger charge is -2.27. The minimum atomic E-state index is -4.40. The SMILES string of the molecule is CC1(Oc2cccc(C(F)(F)F)c2)CCN(CCOc2ccccc2F)C1. The lowest BCUT2D eigenvalue weighted by molar-refractivity contribution is -0.137. The van der Waals surface area contributed by atoms with E-state index in [1.165, 1.54) is 18.2 Å². The number of para-hydroxylation sites is 1. The first kappa shape index (κ1) is 19.5. The van der Waals surface area contributed by atoms with Crippen molar-refractivity contribution in [3.63, 3.8) is 0 Å². The number of benzene rings is 2. The van der Waals surface area contributed by atoms with Crippen molar-refractivity contribution in [3.05, 3.63) is 59.9 Å². The molecule has 1 heterocycles. The highest BCUT2D eigenvalue weighted by molar-refractivity contribution is 5.31. The van der Waals surface area contributed by atoms with Gasteiger partial charge < -0.3 is 9.47 Å². The van der Waals surface area contributed by atoms with Gasteiger partial charge in [0, 0.05) is 26.1 Å². The molecule has 0 aliphatic carbocycles. The zero-order chi connectivity index (χ0) is 19.5. The van der Waals surface area contributed by atoms with Crippen molar-refractivity contribution in [2.75, 3.05) is 26.2 Å². The van der Waals surface area contributed by atoms with Crippen molar-refractivity contribution < 1.29 is 27.0 Å². The molecule has 0 saturated carbocycles. The molecule has 1 unspecified atom stereocenters. The van der Waals surface area contributed by atoms with Crippen LogP contribution >= 0.6 is 0 Å². The van der Waals surface area contributed by atoms with E-state index in [0.717, 1.165) is 18.7 Å². The fourth-order valence-corrected chi connectivity index (χ4v) is 3.17. The Bertz CT molecular complexity index is 781. The third-order valence-corrected chi connectivity index (χ3v) is 4.54. The molecule has 146 valence electrons. The highest BCUT2D eigenvalue weighted by Crippen LogP contribution is 2.33. The Kier molecular flexibility index (Phi) is 5.60. The maximum absolute atomic E-state index is 13.5. The minimum absolute atomic E-state index is 0.205. The summed E-state index contributed by atoms with van der Waals surface area (Å²) in [6, 6.07) is 11.1. The molecule has 7 heteroatoms. The quantitative estimate of drug-likeness (QED) is 0.671. The number of hydrogen-bond acceptors (Lipinski definition) is 3. The number of nitrogens with zero attached hydrogens (tertiary/aromatic N) is 1. The molecule has 1 atom stereocenters. The molecule has 2 aromatic rings. The third kappa shape index (κ3) is 5.13. The number of alkyl halides is 3. The third-order valence-electron chi connectivity index (χ3n) is 4.54. The molecule has 1 aliphatic heterocycles. The normalized spacial score (nSPS) is 20.6. The van der Waals surface area contributed by atoms with E-state index >= 15 is 0 Å². The monoisotopic (exact) mass is 383 g/mol. The topological polar surface area (TPSA) is 21.7 Å². The summed E-state index contributed by atoms with van der Waals surface area (Å²) in [6.45, 7) is 4.07. The molecule has 1 saturated heterocycles. The van der Waals surface area contributed by atoms with Crippen LogP contribution in [-0.2, 0) is 6.18 Å². The van der Waals surface area contributed by atoms with Crippen LogP contribution in [-0.4, -0.2) is 36.7 Å². The lowest BCUT2D eigenvalue weighted by Crippen LogP contribution is -2.37. The van der Waals surface area contributed by atoms with Gasteiger partial charge in [-0.05, 0) is 37.3 Å². The van der Waals surface area contributed by atoms with Gasteiger partial charge in [-0.2, -0.15) is 13.2 Å². The number of rotatable bonds is 6. The summed E-state index contributed by atoms with van der Waals surface area (Å²) in [6.07, 6.45) is -3.71. The number of ether oxygens (including phenoxy) is 2. The van der Waals surface area contributed by atoms with E-state index in [1.807, 2.05) is 6.92 Å². The molecule has 1 aliphatic rings. The molecule has 0 aromatic heterocycles. The van der Waals surface area contributed by atoms with Gasteiger partial charge in [0.15, 0.2) is 11.6 Å². The predicted octanol–water partition coefficient (Wildman–Crippen LogP) is 4.77. The second-order valence-electron chi connectivity index (χ2n) is 6.88. The van der Waals surface area contributed by atoms with Crippen molar-refractivity contribution in [1.82, 2.24) is 4.90 Å². The van der Waals surface area contributed by atoms with E-state index in [0.29, 0.717) is 26.1 Å². The second kappa shape index (κ2) is 7.76. The Morgan fingerprint density at radius 3 is 2.63 bits per heavy atom. The van der Waals surface area contributed by atoms with Crippen molar-refractivity contribution in [2.45, 2.75) is 25.1 Å². The molecule has 27 heavy (non-hydrogen) atoms. The fraction of sp³-hybridized carbons (Fsp3) is 0.400. The smallest absolute Gasteiger partial charge is 0.416 e. The highest BCUT2D eigenvalue weighted by atomic mass is 19.4. The van der Waals surface area contributed by atoms with E-state index in [4.69, 9.17) is 9.47 Å². The van der Waals surface area contributed by atoms with Crippen molar-refractivity contribution in [3.8, 4) is 11.5 Å². The van der Waals surface area contributed by atoms with Gasteiger partial charge in [-0.15, -0.1) is 0 Å². The Labute approximate surface area is 155 Å². The summed E-state index contributed by atoms with van der Waals surface area (Å²) in [5, 5.41) is 0. The number of likely N-dealkylation sites (tertiary alicyclic amines) is 1. The zero-order valence-corrected chi connectivity index (χ0v) is 14.9. The molecular formula is C20H21F4NO2. The second-order valence-corrected chi connectivity index (χ2v) is 6.88. The van der Waals surface area contributed by atoms with Gasteiger partial charge in [-0.25, -0.2) is 4.39 Å². The highest BCUT2D eigenvalue weighted by Gasteiger charge is 2.36. The molecule has 3 rings (SSSR count). The van der Waals surface area contributed by atoms with Crippen LogP contribution in [0.25, 0.3) is 0 Å². The van der Waals surface area contributed by atoms with E-state index in [2.05, 4.69) is 4.90 Å². The Morgan fingerprint density at radius 1 is 1.11 bits per heavy atom. The van der Waals surface area contributed by atoms with Gasteiger partial charge in [-0.1, -0.05) is 18.2 Å². The van der Waals surface area contributed by atoms with Crippen LogP contribution in [0.1, 0.15) is 18.9 Å². The molecule has 3 nitrogen and oxygen atoms in total. The van der Waals surface area contributed by atoms with Crippen molar-refractivity contribution in [1.29, 1.82) is 0 Å². The van der Waals surface area contributed by atoms with Crippen LogP contribution in [0.5, 0.6) is 11.5 Å². The van der Waals surface area contributed by atoms with Crippen LogP contribution in [0.2, 0.25) is 0 Å². The van der Waals surface area contributed by atoms with Gasteiger partial charge in [-0.3, -0.25) is 4.90 Å². The lowest BCUT2D eigenvalue weighted by atomic mass is 10.1. The molecule has 0 radical (unpaired) electrons. The van der Waals surface area contributed by atoms with Crippen molar-refractivity contribution in [2.24, 2.45) is 0 Å². The first-order chi connectivity index (χ1) is 12.8. The average Bonchev–Trinajstić information content (AvgIpc) is 2.97. The largest absolute Gasteiger partial charge is 0.489 e.